The highest BCUT2D eigenvalue weighted by atomic mass is 35.5. The SMILES string of the molecule is CNC(=O)c1nsn(-c2ccc(Cl)cc2)c1=N. The van der Waals surface area contributed by atoms with Crippen LogP contribution in [0.15, 0.2) is 24.3 Å². The number of hydrogen-bond donors (Lipinski definition) is 2. The second-order valence-corrected chi connectivity index (χ2v) is 4.37. The van der Waals surface area contributed by atoms with E-state index in [1.54, 1.807) is 28.2 Å². The van der Waals surface area contributed by atoms with Gasteiger partial charge in [0.15, 0.2) is 11.2 Å². The fourth-order valence-electron chi connectivity index (χ4n) is 1.28. The molecule has 1 heterocycles. The Morgan fingerprint density at radius 2 is 2.12 bits per heavy atom. The number of rotatable bonds is 2. The first kappa shape index (κ1) is 11.8. The molecule has 0 atom stereocenters. The van der Waals surface area contributed by atoms with Crippen molar-refractivity contribution >= 4 is 29.2 Å². The number of halogens is 1. The van der Waals surface area contributed by atoms with Gasteiger partial charge < -0.3 is 5.32 Å². The molecule has 0 aliphatic heterocycles. The van der Waals surface area contributed by atoms with E-state index in [0.29, 0.717) is 5.02 Å². The van der Waals surface area contributed by atoms with Gasteiger partial charge in [0.1, 0.15) is 0 Å². The molecule has 0 radical (unpaired) electrons. The molecular formula is C10H9ClN4OS. The summed E-state index contributed by atoms with van der Waals surface area (Å²) in [6, 6.07) is 6.99. The average Bonchev–Trinajstić information content (AvgIpc) is 2.71. The van der Waals surface area contributed by atoms with Crippen LogP contribution in [0.25, 0.3) is 5.69 Å². The summed E-state index contributed by atoms with van der Waals surface area (Å²) < 4.78 is 5.51. The van der Waals surface area contributed by atoms with Crippen molar-refractivity contribution in [3.63, 3.8) is 0 Å². The lowest BCUT2D eigenvalue weighted by atomic mass is 10.3. The van der Waals surface area contributed by atoms with Crippen molar-refractivity contribution in [2.75, 3.05) is 7.05 Å². The summed E-state index contributed by atoms with van der Waals surface area (Å²) in [6.07, 6.45) is 0. The predicted molar refractivity (Wildman–Crippen MR) is 65.7 cm³/mol. The molecule has 17 heavy (non-hydrogen) atoms. The molecule has 0 saturated heterocycles. The van der Waals surface area contributed by atoms with Gasteiger partial charge in [-0.1, -0.05) is 11.6 Å². The quantitative estimate of drug-likeness (QED) is 0.865. The highest BCUT2D eigenvalue weighted by molar-refractivity contribution is 7.00. The number of nitrogens with one attached hydrogen (secondary N) is 2. The Balaban J connectivity index is 2.48. The van der Waals surface area contributed by atoms with Crippen LogP contribution in [0.1, 0.15) is 10.5 Å². The van der Waals surface area contributed by atoms with E-state index >= 15 is 0 Å². The van der Waals surface area contributed by atoms with Gasteiger partial charge in [-0.3, -0.25) is 10.2 Å². The third kappa shape index (κ3) is 2.22. The molecule has 0 spiro atoms. The normalized spacial score (nSPS) is 10.2. The molecule has 2 N–H and O–H groups in total. The number of amides is 1. The number of benzene rings is 1. The van der Waals surface area contributed by atoms with Crippen LogP contribution in [0.3, 0.4) is 0 Å². The van der Waals surface area contributed by atoms with Crippen LogP contribution in [0.2, 0.25) is 5.02 Å². The third-order valence-corrected chi connectivity index (χ3v) is 3.22. The summed E-state index contributed by atoms with van der Waals surface area (Å²) in [4.78, 5) is 11.4. The molecule has 1 aromatic heterocycles. The molecule has 0 aliphatic rings. The van der Waals surface area contributed by atoms with Crippen molar-refractivity contribution in [2.24, 2.45) is 0 Å². The minimum Gasteiger partial charge on any atom is -0.354 e. The Hall–Kier alpha value is -1.66. The Morgan fingerprint density at radius 3 is 2.71 bits per heavy atom. The molecule has 1 amide bonds. The summed E-state index contributed by atoms with van der Waals surface area (Å²) in [5, 5.41) is 10.9. The Morgan fingerprint density at radius 1 is 1.47 bits per heavy atom. The van der Waals surface area contributed by atoms with Gasteiger partial charge in [0.25, 0.3) is 5.91 Å². The molecule has 0 saturated carbocycles. The van der Waals surface area contributed by atoms with Gasteiger partial charge in [-0.2, -0.15) is 4.37 Å². The second-order valence-electron chi connectivity index (χ2n) is 3.22. The molecule has 5 nitrogen and oxygen atoms in total. The zero-order valence-electron chi connectivity index (χ0n) is 8.90. The third-order valence-electron chi connectivity index (χ3n) is 2.14. The van der Waals surface area contributed by atoms with Crippen molar-refractivity contribution in [3.8, 4) is 5.69 Å². The van der Waals surface area contributed by atoms with E-state index < -0.39 is 0 Å². The minimum atomic E-state index is -0.362. The van der Waals surface area contributed by atoms with Crippen molar-refractivity contribution < 1.29 is 4.79 Å². The number of carbonyl (C=O) groups is 1. The number of carbonyl (C=O) groups excluding carboxylic acids is 1. The minimum absolute atomic E-state index is 0.0664. The van der Waals surface area contributed by atoms with E-state index in [9.17, 15) is 4.79 Å². The van der Waals surface area contributed by atoms with E-state index in [2.05, 4.69) is 9.69 Å². The highest BCUT2D eigenvalue weighted by Crippen LogP contribution is 2.13. The van der Waals surface area contributed by atoms with E-state index in [-0.39, 0.29) is 17.1 Å². The van der Waals surface area contributed by atoms with Crippen LogP contribution in [-0.2, 0) is 0 Å². The van der Waals surface area contributed by atoms with E-state index in [4.69, 9.17) is 17.0 Å². The monoisotopic (exact) mass is 268 g/mol. The van der Waals surface area contributed by atoms with Crippen LogP contribution < -0.4 is 10.8 Å². The van der Waals surface area contributed by atoms with Gasteiger partial charge >= 0.3 is 0 Å². The van der Waals surface area contributed by atoms with Crippen LogP contribution >= 0.6 is 23.3 Å². The zero-order valence-corrected chi connectivity index (χ0v) is 10.5. The Kier molecular flexibility index (Phi) is 3.26. The molecule has 2 aromatic rings. The van der Waals surface area contributed by atoms with Crippen molar-refractivity contribution in [2.45, 2.75) is 0 Å². The van der Waals surface area contributed by atoms with Gasteiger partial charge in [-0.05, 0) is 24.3 Å². The molecule has 88 valence electrons. The van der Waals surface area contributed by atoms with Crippen LogP contribution in [-0.4, -0.2) is 21.3 Å². The molecule has 7 heteroatoms. The molecule has 1 aromatic carbocycles. The van der Waals surface area contributed by atoms with Crippen LogP contribution in [0.5, 0.6) is 0 Å². The maximum absolute atomic E-state index is 11.4. The van der Waals surface area contributed by atoms with Crippen molar-refractivity contribution in [1.29, 1.82) is 5.41 Å². The van der Waals surface area contributed by atoms with Crippen molar-refractivity contribution in [1.82, 2.24) is 13.6 Å². The summed E-state index contributed by atoms with van der Waals surface area (Å²) in [6.45, 7) is 0. The number of hydrogen-bond acceptors (Lipinski definition) is 4. The second kappa shape index (κ2) is 4.68. The van der Waals surface area contributed by atoms with Crippen LogP contribution in [0, 0.1) is 5.41 Å². The Labute approximate surface area is 106 Å². The summed E-state index contributed by atoms with van der Waals surface area (Å²) >= 11 is 6.84. The number of nitrogens with zero attached hydrogens (tertiary/aromatic N) is 2. The number of aromatic nitrogens is 2. The molecule has 0 bridgehead atoms. The largest absolute Gasteiger partial charge is 0.354 e. The van der Waals surface area contributed by atoms with Crippen LogP contribution in [0.4, 0.5) is 0 Å². The summed E-state index contributed by atoms with van der Waals surface area (Å²) in [7, 11) is 1.51. The smallest absolute Gasteiger partial charge is 0.274 e. The summed E-state index contributed by atoms with van der Waals surface area (Å²) in [5.74, 6) is -0.362. The van der Waals surface area contributed by atoms with Gasteiger partial charge in [0, 0.05) is 12.1 Å². The fraction of sp³-hybridized carbons (Fsp3) is 0.100. The zero-order chi connectivity index (χ0) is 12.4. The molecule has 2 rings (SSSR count). The maximum Gasteiger partial charge on any atom is 0.274 e. The first-order valence-electron chi connectivity index (χ1n) is 4.75. The average molecular weight is 269 g/mol. The standard InChI is InChI=1S/C10H9ClN4OS/c1-13-10(16)8-9(12)15(17-14-8)7-4-2-6(11)3-5-7/h2-5,12H,1H3,(H,13,16). The fourth-order valence-corrected chi connectivity index (χ4v) is 2.12. The van der Waals surface area contributed by atoms with Gasteiger partial charge in [0.2, 0.25) is 0 Å². The lowest BCUT2D eigenvalue weighted by Gasteiger charge is -1.99. The van der Waals surface area contributed by atoms with Gasteiger partial charge in [0.05, 0.1) is 17.4 Å². The van der Waals surface area contributed by atoms with E-state index in [1.165, 1.54) is 7.05 Å². The Bertz CT molecular complexity index is 602. The topological polar surface area (TPSA) is 70.8 Å². The maximum atomic E-state index is 11.4. The first-order valence-corrected chi connectivity index (χ1v) is 5.86. The lowest BCUT2D eigenvalue weighted by Crippen LogP contribution is -2.27. The summed E-state index contributed by atoms with van der Waals surface area (Å²) in [5.41, 5.74) is 0.941. The lowest BCUT2D eigenvalue weighted by molar-refractivity contribution is 0.0957. The molecule has 0 fully saturated rings. The van der Waals surface area contributed by atoms with Crippen molar-refractivity contribution in [3.05, 3.63) is 40.5 Å². The highest BCUT2D eigenvalue weighted by Gasteiger charge is 2.13. The van der Waals surface area contributed by atoms with Gasteiger partial charge in [-0.15, -0.1) is 0 Å². The van der Waals surface area contributed by atoms with E-state index in [0.717, 1.165) is 17.4 Å². The predicted octanol–water partition coefficient (Wildman–Crippen LogP) is 1.43. The molecular weight excluding hydrogens is 260 g/mol. The van der Waals surface area contributed by atoms with Gasteiger partial charge in [-0.25, -0.2) is 3.96 Å². The molecule has 0 aliphatic carbocycles. The first-order chi connectivity index (χ1) is 8.13. The molecule has 0 unspecified atom stereocenters. The van der Waals surface area contributed by atoms with E-state index in [1.807, 2.05) is 0 Å².